The van der Waals surface area contributed by atoms with Crippen LogP contribution in [0.25, 0.3) is 0 Å². The Kier molecular flexibility index (Phi) is 6.86. The van der Waals surface area contributed by atoms with Crippen LogP contribution < -0.4 is 0 Å². The zero-order chi connectivity index (χ0) is 12.6. The fourth-order valence-electron chi connectivity index (χ4n) is 1.65. The van der Waals surface area contributed by atoms with Crippen molar-refractivity contribution in [1.82, 2.24) is 0 Å². The van der Waals surface area contributed by atoms with Crippen LogP contribution >= 0.6 is 0 Å². The second-order valence-electron chi connectivity index (χ2n) is 4.50. The first-order chi connectivity index (χ1) is 7.42. The van der Waals surface area contributed by atoms with Gasteiger partial charge in [0.1, 0.15) is 0 Å². The monoisotopic (exact) mass is 228 g/mol. The van der Waals surface area contributed by atoms with Crippen molar-refractivity contribution in [2.24, 2.45) is 0 Å². The van der Waals surface area contributed by atoms with Crippen LogP contribution in [0.3, 0.4) is 0 Å². The minimum Gasteiger partial charge on any atom is -0.481 e. The number of unbranched alkanes of at least 4 members (excludes halogenated alkanes) is 4. The lowest BCUT2D eigenvalue weighted by atomic mass is 9.97. The van der Waals surface area contributed by atoms with E-state index in [1.54, 1.807) is 13.8 Å². The summed E-state index contributed by atoms with van der Waals surface area (Å²) < 4.78 is 5.31. The van der Waals surface area contributed by atoms with Crippen LogP contribution in [0, 0.1) is 0 Å². The van der Waals surface area contributed by atoms with Gasteiger partial charge in [0, 0.05) is 0 Å². The number of carboxylic acids is 1. The maximum absolute atomic E-state index is 11.1. The number of aliphatic carboxylic acids is 1. The molecule has 0 aliphatic rings. The number of carboxylic acid groups (broad SMARTS) is 1. The van der Waals surface area contributed by atoms with Crippen molar-refractivity contribution < 1.29 is 14.6 Å². The summed E-state index contributed by atoms with van der Waals surface area (Å²) in [5, 5.41) is 9.12. The molecule has 94 valence electrons. The SMILES string of the molecule is C=C(C)OC(C)(CCCCCCC)C(=O)O. The molecule has 0 aromatic rings. The maximum atomic E-state index is 11.1. The lowest BCUT2D eigenvalue weighted by molar-refractivity contribution is -0.159. The first-order valence-corrected chi connectivity index (χ1v) is 6.00. The van der Waals surface area contributed by atoms with E-state index >= 15 is 0 Å². The smallest absolute Gasteiger partial charge is 0.347 e. The fraction of sp³-hybridized carbons (Fsp3) is 0.769. The first kappa shape index (κ1) is 15.0. The molecule has 0 spiro atoms. The summed E-state index contributed by atoms with van der Waals surface area (Å²) in [7, 11) is 0. The average Bonchev–Trinajstić information content (AvgIpc) is 2.16. The van der Waals surface area contributed by atoms with E-state index in [2.05, 4.69) is 13.5 Å². The average molecular weight is 228 g/mol. The summed E-state index contributed by atoms with van der Waals surface area (Å²) in [5.41, 5.74) is -1.11. The Balaban J connectivity index is 4.03. The van der Waals surface area contributed by atoms with E-state index in [1.165, 1.54) is 19.3 Å². The van der Waals surface area contributed by atoms with E-state index < -0.39 is 11.6 Å². The fourth-order valence-corrected chi connectivity index (χ4v) is 1.65. The highest BCUT2D eigenvalue weighted by molar-refractivity contribution is 5.77. The lowest BCUT2D eigenvalue weighted by Gasteiger charge is -2.26. The van der Waals surface area contributed by atoms with Gasteiger partial charge in [0.25, 0.3) is 0 Å². The molecule has 0 saturated carbocycles. The van der Waals surface area contributed by atoms with Crippen molar-refractivity contribution in [2.45, 2.75) is 64.9 Å². The van der Waals surface area contributed by atoms with Gasteiger partial charge in [-0.05, 0) is 26.7 Å². The van der Waals surface area contributed by atoms with E-state index in [0.717, 1.165) is 12.8 Å². The number of hydrogen-bond acceptors (Lipinski definition) is 2. The summed E-state index contributed by atoms with van der Waals surface area (Å²) in [6, 6.07) is 0. The Morgan fingerprint density at radius 3 is 2.31 bits per heavy atom. The molecule has 0 bridgehead atoms. The molecule has 0 radical (unpaired) electrons. The summed E-state index contributed by atoms with van der Waals surface area (Å²) in [5.74, 6) is -0.454. The van der Waals surface area contributed by atoms with Crippen LogP contribution in [-0.4, -0.2) is 16.7 Å². The largest absolute Gasteiger partial charge is 0.481 e. The highest BCUT2D eigenvalue weighted by atomic mass is 16.5. The minimum absolute atomic E-state index is 0.457. The predicted molar refractivity (Wildman–Crippen MR) is 65.3 cm³/mol. The molecule has 3 heteroatoms. The Bertz CT molecular complexity index is 235. The Morgan fingerprint density at radius 2 is 1.88 bits per heavy atom. The van der Waals surface area contributed by atoms with Gasteiger partial charge >= 0.3 is 5.97 Å². The molecule has 0 aromatic heterocycles. The van der Waals surface area contributed by atoms with Gasteiger partial charge in [0.15, 0.2) is 0 Å². The normalized spacial score (nSPS) is 14.2. The summed E-state index contributed by atoms with van der Waals surface area (Å²) in [6.07, 6.45) is 6.06. The standard InChI is InChI=1S/C13H24O3/c1-5-6-7-8-9-10-13(4,12(14)15)16-11(2)3/h2,5-10H2,1,3-4H3,(H,14,15). The molecule has 0 fully saturated rings. The zero-order valence-electron chi connectivity index (χ0n) is 10.7. The molecular weight excluding hydrogens is 204 g/mol. The van der Waals surface area contributed by atoms with E-state index in [9.17, 15) is 4.79 Å². The molecule has 0 heterocycles. The number of carbonyl (C=O) groups is 1. The molecule has 1 unspecified atom stereocenters. The Labute approximate surface area is 98.5 Å². The molecule has 3 nitrogen and oxygen atoms in total. The van der Waals surface area contributed by atoms with Crippen molar-refractivity contribution in [1.29, 1.82) is 0 Å². The van der Waals surface area contributed by atoms with E-state index in [1.807, 2.05) is 0 Å². The van der Waals surface area contributed by atoms with Gasteiger partial charge in [0.2, 0.25) is 5.60 Å². The highest BCUT2D eigenvalue weighted by Gasteiger charge is 2.34. The topological polar surface area (TPSA) is 46.5 Å². The van der Waals surface area contributed by atoms with Crippen LogP contribution in [0.4, 0.5) is 0 Å². The molecule has 1 atom stereocenters. The number of ether oxygens (including phenoxy) is 1. The summed E-state index contributed by atoms with van der Waals surface area (Å²) >= 11 is 0. The van der Waals surface area contributed by atoms with Crippen molar-refractivity contribution in [3.63, 3.8) is 0 Å². The van der Waals surface area contributed by atoms with Crippen molar-refractivity contribution in [3.05, 3.63) is 12.3 Å². The van der Waals surface area contributed by atoms with E-state index in [0.29, 0.717) is 12.2 Å². The maximum Gasteiger partial charge on any atom is 0.347 e. The van der Waals surface area contributed by atoms with Crippen LogP contribution in [0.15, 0.2) is 12.3 Å². The quantitative estimate of drug-likeness (QED) is 0.483. The highest BCUT2D eigenvalue weighted by Crippen LogP contribution is 2.22. The zero-order valence-corrected chi connectivity index (χ0v) is 10.7. The third-order valence-electron chi connectivity index (χ3n) is 2.61. The second-order valence-corrected chi connectivity index (χ2v) is 4.50. The van der Waals surface area contributed by atoms with Gasteiger partial charge in [-0.1, -0.05) is 39.2 Å². The summed E-state index contributed by atoms with van der Waals surface area (Å²) in [4.78, 5) is 11.1. The number of rotatable bonds is 9. The number of allylic oxidation sites excluding steroid dienone is 1. The molecule has 0 aliphatic carbocycles. The molecule has 0 rings (SSSR count). The van der Waals surface area contributed by atoms with Crippen LogP contribution in [0.5, 0.6) is 0 Å². The van der Waals surface area contributed by atoms with Gasteiger partial charge < -0.3 is 9.84 Å². The third kappa shape index (κ3) is 5.79. The lowest BCUT2D eigenvalue weighted by Crippen LogP contribution is -2.37. The molecule has 0 amide bonds. The van der Waals surface area contributed by atoms with Gasteiger partial charge in [-0.15, -0.1) is 0 Å². The van der Waals surface area contributed by atoms with Crippen LogP contribution in [0.2, 0.25) is 0 Å². The van der Waals surface area contributed by atoms with E-state index in [-0.39, 0.29) is 0 Å². The molecule has 16 heavy (non-hydrogen) atoms. The van der Waals surface area contributed by atoms with E-state index in [4.69, 9.17) is 9.84 Å². The molecule has 0 aliphatic heterocycles. The van der Waals surface area contributed by atoms with Gasteiger partial charge in [-0.25, -0.2) is 4.79 Å². The van der Waals surface area contributed by atoms with Gasteiger partial charge in [-0.3, -0.25) is 0 Å². The second kappa shape index (κ2) is 7.31. The number of hydrogen-bond donors (Lipinski definition) is 1. The minimum atomic E-state index is -1.11. The predicted octanol–water partition coefficient (Wildman–Crippen LogP) is 3.74. The molecule has 0 saturated heterocycles. The van der Waals surface area contributed by atoms with Crippen molar-refractivity contribution in [2.75, 3.05) is 0 Å². The van der Waals surface area contributed by atoms with Gasteiger partial charge in [0.05, 0.1) is 5.76 Å². The van der Waals surface area contributed by atoms with Crippen molar-refractivity contribution in [3.8, 4) is 0 Å². The third-order valence-corrected chi connectivity index (χ3v) is 2.61. The van der Waals surface area contributed by atoms with Crippen LogP contribution in [0.1, 0.15) is 59.3 Å². The first-order valence-electron chi connectivity index (χ1n) is 6.00. The summed E-state index contributed by atoms with van der Waals surface area (Å²) in [6.45, 7) is 9.05. The molecular formula is C13H24O3. The van der Waals surface area contributed by atoms with Gasteiger partial charge in [-0.2, -0.15) is 0 Å². The Morgan fingerprint density at radius 1 is 1.31 bits per heavy atom. The molecule has 0 aromatic carbocycles. The van der Waals surface area contributed by atoms with Crippen molar-refractivity contribution >= 4 is 5.97 Å². The molecule has 1 N–H and O–H groups in total. The Hall–Kier alpha value is -0.990. The van der Waals surface area contributed by atoms with Crippen LogP contribution in [-0.2, 0) is 9.53 Å².